The van der Waals surface area contributed by atoms with Crippen LogP contribution in [0, 0.1) is 5.92 Å². The number of rotatable bonds is 6. The molecular weight excluding hydrogens is 200 g/mol. The van der Waals surface area contributed by atoms with Crippen LogP contribution in [0.3, 0.4) is 0 Å². The van der Waals surface area contributed by atoms with E-state index in [2.05, 4.69) is 16.8 Å². The summed E-state index contributed by atoms with van der Waals surface area (Å²) in [5, 5.41) is 0. The van der Waals surface area contributed by atoms with Crippen LogP contribution in [0.15, 0.2) is 18.3 Å². The number of ketones is 1. The van der Waals surface area contributed by atoms with Crippen molar-refractivity contribution in [3.8, 4) is 0 Å². The SMILES string of the molecule is CCN(CC(=O)c1ccc[nH]1)CC1CCC1. The lowest BCUT2D eigenvalue weighted by atomic mass is 9.85. The number of H-pyrrole nitrogens is 1. The molecule has 0 aromatic carbocycles. The summed E-state index contributed by atoms with van der Waals surface area (Å²) in [4.78, 5) is 17.1. The van der Waals surface area contributed by atoms with E-state index in [0.717, 1.165) is 24.7 Å². The van der Waals surface area contributed by atoms with Crippen molar-refractivity contribution in [3.63, 3.8) is 0 Å². The molecule has 3 heteroatoms. The van der Waals surface area contributed by atoms with Gasteiger partial charge >= 0.3 is 0 Å². The molecule has 1 heterocycles. The number of Topliss-reactive ketones (excluding diaryl/α,β-unsaturated/α-hetero) is 1. The normalized spacial score (nSPS) is 16.4. The van der Waals surface area contributed by atoms with E-state index in [0.29, 0.717) is 6.54 Å². The van der Waals surface area contributed by atoms with E-state index < -0.39 is 0 Å². The molecule has 0 spiro atoms. The number of aromatic nitrogens is 1. The predicted molar refractivity (Wildman–Crippen MR) is 64.6 cm³/mol. The van der Waals surface area contributed by atoms with Gasteiger partial charge in [-0.05, 0) is 37.4 Å². The topological polar surface area (TPSA) is 36.1 Å². The van der Waals surface area contributed by atoms with Crippen LogP contribution >= 0.6 is 0 Å². The molecule has 1 aliphatic rings. The minimum atomic E-state index is 0.200. The van der Waals surface area contributed by atoms with Gasteiger partial charge in [0.15, 0.2) is 5.78 Å². The van der Waals surface area contributed by atoms with E-state index >= 15 is 0 Å². The summed E-state index contributed by atoms with van der Waals surface area (Å²) in [6.45, 7) is 4.72. The minimum absolute atomic E-state index is 0.200. The maximum absolute atomic E-state index is 11.9. The number of likely N-dealkylation sites (N-methyl/N-ethyl adjacent to an activating group) is 1. The van der Waals surface area contributed by atoms with E-state index in [1.54, 1.807) is 6.20 Å². The molecule has 0 aliphatic heterocycles. The van der Waals surface area contributed by atoms with Crippen LogP contribution in [0.1, 0.15) is 36.7 Å². The van der Waals surface area contributed by atoms with Crippen LogP contribution in [0.4, 0.5) is 0 Å². The van der Waals surface area contributed by atoms with Gasteiger partial charge in [0, 0.05) is 12.7 Å². The van der Waals surface area contributed by atoms with Crippen molar-refractivity contribution in [2.24, 2.45) is 5.92 Å². The number of nitrogens with one attached hydrogen (secondary N) is 1. The van der Waals surface area contributed by atoms with E-state index in [9.17, 15) is 4.79 Å². The van der Waals surface area contributed by atoms with Gasteiger partial charge in [0.05, 0.1) is 12.2 Å². The monoisotopic (exact) mass is 220 g/mol. The second-order valence-electron chi connectivity index (χ2n) is 4.63. The molecule has 0 amide bonds. The first-order chi connectivity index (χ1) is 7.79. The molecule has 1 fully saturated rings. The van der Waals surface area contributed by atoms with Crippen LogP contribution in [0.5, 0.6) is 0 Å². The Kier molecular flexibility index (Phi) is 3.78. The lowest BCUT2D eigenvalue weighted by molar-refractivity contribution is 0.0900. The van der Waals surface area contributed by atoms with E-state index in [-0.39, 0.29) is 5.78 Å². The van der Waals surface area contributed by atoms with Crippen molar-refractivity contribution in [3.05, 3.63) is 24.0 Å². The predicted octanol–water partition coefficient (Wildman–Crippen LogP) is 2.32. The second-order valence-corrected chi connectivity index (χ2v) is 4.63. The molecular formula is C13H20N2O. The molecule has 0 unspecified atom stereocenters. The number of aromatic amines is 1. The highest BCUT2D eigenvalue weighted by molar-refractivity contribution is 5.95. The molecule has 88 valence electrons. The maximum atomic E-state index is 11.9. The van der Waals surface area contributed by atoms with E-state index in [1.165, 1.54) is 19.3 Å². The third kappa shape index (κ3) is 2.73. The standard InChI is InChI=1S/C13H20N2O/c1-2-15(9-11-5-3-6-11)10-13(16)12-7-4-8-14-12/h4,7-8,11,14H,2-3,5-6,9-10H2,1H3. The molecule has 0 saturated heterocycles. The highest BCUT2D eigenvalue weighted by atomic mass is 16.1. The van der Waals surface area contributed by atoms with Gasteiger partial charge in [-0.1, -0.05) is 13.3 Å². The van der Waals surface area contributed by atoms with Crippen LogP contribution < -0.4 is 0 Å². The first-order valence-corrected chi connectivity index (χ1v) is 6.18. The van der Waals surface area contributed by atoms with Crippen molar-refractivity contribution in [1.82, 2.24) is 9.88 Å². The van der Waals surface area contributed by atoms with Crippen molar-refractivity contribution >= 4 is 5.78 Å². The molecule has 2 rings (SSSR count). The Labute approximate surface area is 96.8 Å². The highest BCUT2D eigenvalue weighted by Gasteiger charge is 2.21. The van der Waals surface area contributed by atoms with Gasteiger partial charge in [0.25, 0.3) is 0 Å². The Morgan fingerprint density at radius 3 is 2.88 bits per heavy atom. The Morgan fingerprint density at radius 2 is 2.38 bits per heavy atom. The van der Waals surface area contributed by atoms with Crippen molar-refractivity contribution in [1.29, 1.82) is 0 Å². The van der Waals surface area contributed by atoms with Gasteiger partial charge in [-0.15, -0.1) is 0 Å². The Hall–Kier alpha value is -1.09. The average Bonchev–Trinajstić information content (AvgIpc) is 2.74. The van der Waals surface area contributed by atoms with E-state index in [4.69, 9.17) is 0 Å². The molecule has 16 heavy (non-hydrogen) atoms. The summed E-state index contributed by atoms with van der Waals surface area (Å²) >= 11 is 0. The Balaban J connectivity index is 1.83. The van der Waals surface area contributed by atoms with Crippen LogP contribution in [-0.4, -0.2) is 35.3 Å². The van der Waals surface area contributed by atoms with Crippen molar-refractivity contribution in [2.75, 3.05) is 19.6 Å². The number of hydrogen-bond acceptors (Lipinski definition) is 2. The summed E-state index contributed by atoms with van der Waals surface area (Å²) in [7, 11) is 0. The molecule has 1 aromatic rings. The molecule has 1 N–H and O–H groups in total. The number of nitrogens with zero attached hydrogens (tertiary/aromatic N) is 1. The quantitative estimate of drug-likeness (QED) is 0.747. The van der Waals surface area contributed by atoms with Gasteiger partial charge in [0.2, 0.25) is 0 Å². The van der Waals surface area contributed by atoms with Gasteiger partial charge in [-0.2, -0.15) is 0 Å². The third-order valence-electron chi connectivity index (χ3n) is 3.45. The number of carbonyl (C=O) groups excluding carboxylic acids is 1. The van der Waals surface area contributed by atoms with Crippen molar-refractivity contribution < 1.29 is 4.79 Å². The Bertz CT molecular complexity index is 328. The first kappa shape index (κ1) is 11.4. The molecule has 1 aromatic heterocycles. The minimum Gasteiger partial charge on any atom is -0.359 e. The zero-order chi connectivity index (χ0) is 11.4. The van der Waals surface area contributed by atoms with E-state index in [1.807, 2.05) is 12.1 Å². The highest BCUT2D eigenvalue weighted by Crippen LogP contribution is 2.26. The summed E-state index contributed by atoms with van der Waals surface area (Å²) in [6, 6.07) is 3.72. The average molecular weight is 220 g/mol. The maximum Gasteiger partial charge on any atom is 0.192 e. The zero-order valence-corrected chi connectivity index (χ0v) is 9.91. The molecule has 3 nitrogen and oxygen atoms in total. The molecule has 0 atom stereocenters. The van der Waals surface area contributed by atoms with Gasteiger partial charge in [0.1, 0.15) is 0 Å². The summed E-state index contributed by atoms with van der Waals surface area (Å²) in [5.41, 5.74) is 0.729. The van der Waals surface area contributed by atoms with Crippen LogP contribution in [0.2, 0.25) is 0 Å². The third-order valence-corrected chi connectivity index (χ3v) is 3.45. The fourth-order valence-corrected chi connectivity index (χ4v) is 2.14. The molecule has 0 radical (unpaired) electrons. The smallest absolute Gasteiger partial charge is 0.192 e. The van der Waals surface area contributed by atoms with Crippen LogP contribution in [0.25, 0.3) is 0 Å². The van der Waals surface area contributed by atoms with Crippen LogP contribution in [-0.2, 0) is 0 Å². The molecule has 1 saturated carbocycles. The summed E-state index contributed by atoms with van der Waals surface area (Å²) in [6.07, 6.45) is 5.85. The first-order valence-electron chi connectivity index (χ1n) is 6.18. The largest absolute Gasteiger partial charge is 0.359 e. The lowest BCUT2D eigenvalue weighted by Crippen LogP contribution is -2.36. The van der Waals surface area contributed by atoms with Gasteiger partial charge < -0.3 is 4.98 Å². The number of hydrogen-bond donors (Lipinski definition) is 1. The zero-order valence-electron chi connectivity index (χ0n) is 9.91. The fraction of sp³-hybridized carbons (Fsp3) is 0.615. The summed E-state index contributed by atoms with van der Waals surface area (Å²) in [5.74, 6) is 1.03. The Morgan fingerprint density at radius 1 is 1.56 bits per heavy atom. The number of carbonyl (C=O) groups is 1. The molecule has 1 aliphatic carbocycles. The molecule has 0 bridgehead atoms. The van der Waals surface area contributed by atoms with Gasteiger partial charge in [-0.3, -0.25) is 9.69 Å². The van der Waals surface area contributed by atoms with Gasteiger partial charge in [-0.25, -0.2) is 0 Å². The summed E-state index contributed by atoms with van der Waals surface area (Å²) < 4.78 is 0. The van der Waals surface area contributed by atoms with Crippen molar-refractivity contribution in [2.45, 2.75) is 26.2 Å². The fourth-order valence-electron chi connectivity index (χ4n) is 2.14. The second kappa shape index (κ2) is 5.30. The lowest BCUT2D eigenvalue weighted by Gasteiger charge is -2.31.